The summed E-state index contributed by atoms with van der Waals surface area (Å²) >= 11 is 0. The topological polar surface area (TPSA) is 418 Å². The normalized spacial score (nSPS) is 14.4. The number of hydrogen-bond donors (Lipinski definition) is 16. The van der Waals surface area contributed by atoms with E-state index >= 15 is 0 Å². The van der Waals surface area contributed by atoms with Crippen LogP contribution in [0.5, 0.6) is 69.0 Å². The van der Waals surface area contributed by atoms with Crippen LogP contribution in [0.15, 0.2) is 48.5 Å². The van der Waals surface area contributed by atoms with E-state index in [-0.39, 0.29) is 48.5 Å². The number of carbonyl (C=O) groups is 5. The maximum atomic E-state index is 14.9. The van der Waals surface area contributed by atoms with Crippen molar-refractivity contribution in [3.63, 3.8) is 0 Å². The Morgan fingerprint density at radius 3 is 1.14 bits per heavy atom. The van der Waals surface area contributed by atoms with Crippen molar-refractivity contribution in [2.75, 3.05) is 6.61 Å². The first-order valence-corrected chi connectivity index (χ1v) is 15.1. The second-order valence-electron chi connectivity index (χ2n) is 11.8. The summed E-state index contributed by atoms with van der Waals surface area (Å²) in [7, 11) is 0. The van der Waals surface area contributed by atoms with Gasteiger partial charge in [-0.2, -0.15) is 0 Å². The number of hydrogen-bond acceptors (Lipinski definition) is 22. The van der Waals surface area contributed by atoms with Gasteiger partial charge in [0, 0.05) is 16.7 Å². The van der Waals surface area contributed by atoms with Crippen LogP contribution in [0.3, 0.4) is 0 Å². The summed E-state index contributed by atoms with van der Waals surface area (Å²) in [5, 5.41) is 165. The summed E-state index contributed by atoms with van der Waals surface area (Å²) in [6, 6.07) is 1.69. The summed E-state index contributed by atoms with van der Waals surface area (Å²) in [6.45, 7) is -1.72. The number of esters is 1. The van der Waals surface area contributed by atoms with Crippen molar-refractivity contribution < 1.29 is 110 Å². The van der Waals surface area contributed by atoms with Crippen LogP contribution in [-0.2, 0) is 9.53 Å². The highest BCUT2D eigenvalue weighted by molar-refractivity contribution is 6.52. The fourth-order valence-electron chi connectivity index (χ4n) is 5.34. The van der Waals surface area contributed by atoms with E-state index in [4.69, 9.17) is 4.74 Å². The number of rotatable bonds is 13. The SMILES string of the molecule is O=C(O[C@](C(=O)C(=O)c1cc(O)c(O)c(O)c1)(C(=O)c1cc(O)c(O)c(O)c1)[C@](O)(C(=O)c1cc(O)c(O)c(O)c1)[C@H](O)[C@H](O)CO)c1cc(O)c(O)c(O)c1. The molecule has 0 spiro atoms. The van der Waals surface area contributed by atoms with Gasteiger partial charge in [-0.25, -0.2) is 4.79 Å². The molecule has 0 heterocycles. The van der Waals surface area contributed by atoms with Crippen LogP contribution in [0, 0.1) is 0 Å². The molecule has 0 unspecified atom stereocenters. The third-order valence-corrected chi connectivity index (χ3v) is 8.26. The van der Waals surface area contributed by atoms with Gasteiger partial charge in [-0.15, -0.1) is 0 Å². The molecule has 4 aromatic rings. The van der Waals surface area contributed by atoms with Gasteiger partial charge in [-0.1, -0.05) is 0 Å². The average Bonchev–Trinajstić information content (AvgIpc) is 3.15. The zero-order valence-electron chi connectivity index (χ0n) is 27.6. The van der Waals surface area contributed by atoms with Crippen molar-refractivity contribution in [1.82, 2.24) is 0 Å². The summed E-state index contributed by atoms with van der Waals surface area (Å²) in [6.07, 6.45) is -6.52. The van der Waals surface area contributed by atoms with Crippen LogP contribution >= 0.6 is 0 Å². The molecule has 56 heavy (non-hydrogen) atoms. The molecule has 0 saturated carbocycles. The quantitative estimate of drug-likeness (QED) is 0.0246. The molecule has 0 amide bonds. The smallest absolute Gasteiger partial charge is 0.340 e. The Kier molecular flexibility index (Phi) is 10.8. The van der Waals surface area contributed by atoms with Crippen molar-refractivity contribution in [2.24, 2.45) is 0 Å². The minimum absolute atomic E-state index is 0.159. The number of aliphatic hydroxyl groups excluding tert-OH is 3. The molecule has 4 atom stereocenters. The zero-order valence-corrected chi connectivity index (χ0v) is 27.6. The molecule has 0 radical (unpaired) electrons. The van der Waals surface area contributed by atoms with E-state index in [0.717, 1.165) is 0 Å². The van der Waals surface area contributed by atoms with E-state index in [9.17, 15) is 106 Å². The first-order valence-electron chi connectivity index (χ1n) is 15.1. The molecule has 0 bridgehead atoms. The Hall–Kier alpha value is -7.53. The second kappa shape index (κ2) is 14.7. The predicted molar refractivity (Wildman–Crippen MR) is 176 cm³/mol. The molecule has 0 saturated heterocycles. The van der Waals surface area contributed by atoms with Gasteiger partial charge >= 0.3 is 5.97 Å². The number of carbonyl (C=O) groups excluding carboxylic acids is 5. The van der Waals surface area contributed by atoms with Gasteiger partial charge in [0.05, 0.1) is 12.2 Å². The third-order valence-electron chi connectivity index (χ3n) is 8.26. The first kappa shape index (κ1) is 41.2. The average molecular weight is 789 g/mol. The van der Waals surface area contributed by atoms with Gasteiger partial charge < -0.3 is 86.4 Å². The lowest BCUT2D eigenvalue weighted by Crippen LogP contribution is -2.76. The minimum atomic E-state index is -4.89. The van der Waals surface area contributed by atoms with E-state index < -0.39 is 150 Å². The molecular weight excluding hydrogens is 760 g/mol. The lowest BCUT2D eigenvalue weighted by atomic mass is 9.65. The van der Waals surface area contributed by atoms with E-state index in [2.05, 4.69) is 0 Å². The molecule has 0 aromatic heterocycles. The van der Waals surface area contributed by atoms with Crippen molar-refractivity contribution in [3.05, 3.63) is 70.8 Å². The zero-order chi connectivity index (χ0) is 42.4. The fraction of sp³-hybridized carbons (Fsp3) is 0.147. The Balaban J connectivity index is 2.28. The summed E-state index contributed by atoms with van der Waals surface area (Å²) < 4.78 is 5.14. The molecule has 0 fully saturated rings. The molecule has 16 N–H and O–H groups in total. The molecule has 4 aromatic carbocycles. The van der Waals surface area contributed by atoms with Gasteiger partial charge in [-0.3, -0.25) is 19.2 Å². The minimum Gasteiger partial charge on any atom is -0.504 e. The van der Waals surface area contributed by atoms with Crippen molar-refractivity contribution in [1.29, 1.82) is 0 Å². The second-order valence-corrected chi connectivity index (χ2v) is 11.8. The van der Waals surface area contributed by atoms with Crippen molar-refractivity contribution in [3.8, 4) is 69.0 Å². The molecule has 0 aliphatic carbocycles. The van der Waals surface area contributed by atoms with Crippen molar-refractivity contribution in [2.45, 2.75) is 23.4 Å². The molecule has 0 aliphatic rings. The first-order chi connectivity index (χ1) is 26.0. The van der Waals surface area contributed by atoms with E-state index in [1.165, 1.54) is 0 Å². The third kappa shape index (κ3) is 6.62. The number of ether oxygens (including phenoxy) is 1. The van der Waals surface area contributed by atoms with Gasteiger partial charge in [0.1, 0.15) is 12.2 Å². The van der Waals surface area contributed by atoms with Gasteiger partial charge in [-0.05, 0) is 48.5 Å². The highest BCUT2D eigenvalue weighted by Crippen LogP contribution is 2.46. The Morgan fingerprint density at radius 2 is 0.804 bits per heavy atom. The number of ketones is 4. The van der Waals surface area contributed by atoms with Crippen LogP contribution in [0.4, 0.5) is 0 Å². The molecular formula is C34H28O22. The number of aliphatic hydroxyl groups is 4. The predicted octanol–water partition coefficient (Wildman–Crippen LogP) is -1.29. The number of phenols is 12. The van der Waals surface area contributed by atoms with Crippen LogP contribution in [-0.4, -0.2) is 141 Å². The van der Waals surface area contributed by atoms with Crippen LogP contribution in [0.1, 0.15) is 41.4 Å². The molecule has 22 heteroatoms. The molecule has 4 rings (SSSR count). The highest BCUT2D eigenvalue weighted by Gasteiger charge is 2.73. The van der Waals surface area contributed by atoms with E-state index in [1.54, 1.807) is 0 Å². The van der Waals surface area contributed by atoms with Gasteiger partial charge in [0.15, 0.2) is 69.0 Å². The summed E-state index contributed by atoms with van der Waals surface area (Å²) in [4.78, 5) is 72.1. The van der Waals surface area contributed by atoms with Crippen LogP contribution < -0.4 is 0 Å². The van der Waals surface area contributed by atoms with Gasteiger partial charge in [0.25, 0.3) is 11.4 Å². The highest BCUT2D eigenvalue weighted by atomic mass is 16.6. The Bertz CT molecular complexity index is 2220. The Labute approximate surface area is 309 Å². The number of benzene rings is 4. The monoisotopic (exact) mass is 788 g/mol. The Morgan fingerprint density at radius 1 is 0.500 bits per heavy atom. The largest absolute Gasteiger partial charge is 0.504 e. The van der Waals surface area contributed by atoms with Gasteiger partial charge in [0.2, 0.25) is 23.0 Å². The molecule has 0 aliphatic heterocycles. The summed E-state index contributed by atoms with van der Waals surface area (Å²) in [5.74, 6) is -28.5. The molecule has 296 valence electrons. The molecule has 22 nitrogen and oxygen atoms in total. The van der Waals surface area contributed by atoms with Crippen molar-refractivity contribution >= 4 is 29.1 Å². The van der Waals surface area contributed by atoms with E-state index in [0.29, 0.717) is 0 Å². The number of aromatic hydroxyl groups is 12. The number of phenolic OH excluding ortho intramolecular Hbond substituents is 12. The lowest BCUT2D eigenvalue weighted by Gasteiger charge is -2.45. The maximum Gasteiger partial charge on any atom is 0.340 e. The fourth-order valence-corrected chi connectivity index (χ4v) is 5.34. The standard InChI is InChI=1S/C34H28O22/c35-9-22(44)30(52)33(55,28(50)11-3-16(38)25(47)17(39)4-11)34(29(51)12-5-18(40)26(48)19(41)6-12,56-32(54)13-7-20(42)27(49)21(43)8-13)31(53)23(45)10-1-14(36)24(46)15(37)2-10/h1-8,22,30,35-44,46-49,52,55H,9H2/t22-,30-,33+,34+/m1/s1. The lowest BCUT2D eigenvalue weighted by molar-refractivity contribution is -0.186. The van der Waals surface area contributed by atoms with E-state index in [1.807, 2.05) is 0 Å². The van der Waals surface area contributed by atoms with Crippen LogP contribution in [0.25, 0.3) is 0 Å². The number of Topliss-reactive ketones (excluding diaryl/α,β-unsaturated/α-hetero) is 4. The maximum absolute atomic E-state index is 14.9. The summed E-state index contributed by atoms with van der Waals surface area (Å²) in [5.41, 5.74) is -15.0. The van der Waals surface area contributed by atoms with Crippen LogP contribution in [0.2, 0.25) is 0 Å².